The van der Waals surface area contributed by atoms with Crippen molar-refractivity contribution in [3.05, 3.63) is 95.6 Å². The Balaban J connectivity index is 1.66. The number of rotatable bonds is 6. The van der Waals surface area contributed by atoms with Gasteiger partial charge >= 0.3 is 0 Å². The third-order valence-corrected chi connectivity index (χ3v) is 3.97. The van der Waals surface area contributed by atoms with Crippen molar-refractivity contribution in [2.45, 2.75) is 12.8 Å². The summed E-state index contributed by atoms with van der Waals surface area (Å²) in [4.78, 5) is 11.5. The Hall–Kier alpha value is -3.07. The van der Waals surface area contributed by atoms with Gasteiger partial charge in [-0.15, -0.1) is 0 Å². The number of hydrogen-bond acceptors (Lipinski definition) is 2. The van der Waals surface area contributed by atoms with E-state index in [0.717, 1.165) is 24.2 Å². The van der Waals surface area contributed by atoms with Crippen molar-refractivity contribution in [2.24, 2.45) is 5.73 Å². The summed E-state index contributed by atoms with van der Waals surface area (Å²) < 4.78 is 0. The number of hydrogen-bond donors (Lipinski definition) is 2. The number of aryl methyl sites for hydroxylation is 2. The molecule has 0 aliphatic rings. The van der Waals surface area contributed by atoms with E-state index < -0.39 is 5.91 Å². The molecule has 3 N–H and O–H groups in total. The van der Waals surface area contributed by atoms with Gasteiger partial charge in [0, 0.05) is 5.69 Å². The topological polar surface area (TPSA) is 55.1 Å². The van der Waals surface area contributed by atoms with E-state index in [4.69, 9.17) is 5.73 Å². The summed E-state index contributed by atoms with van der Waals surface area (Å²) >= 11 is 0. The molecule has 0 bridgehead atoms. The Morgan fingerprint density at radius 1 is 0.750 bits per heavy atom. The molecule has 3 heteroatoms. The van der Waals surface area contributed by atoms with Crippen molar-refractivity contribution in [1.29, 1.82) is 0 Å². The van der Waals surface area contributed by atoms with Gasteiger partial charge < -0.3 is 11.1 Å². The van der Waals surface area contributed by atoms with Crippen LogP contribution in [0.2, 0.25) is 0 Å². The molecule has 24 heavy (non-hydrogen) atoms. The number of anilines is 2. The highest BCUT2D eigenvalue weighted by Gasteiger charge is 2.07. The van der Waals surface area contributed by atoms with E-state index in [9.17, 15) is 4.79 Å². The van der Waals surface area contributed by atoms with Gasteiger partial charge in [-0.1, -0.05) is 54.6 Å². The van der Waals surface area contributed by atoms with Gasteiger partial charge in [-0.2, -0.15) is 0 Å². The first-order valence-corrected chi connectivity index (χ1v) is 8.01. The van der Waals surface area contributed by atoms with E-state index in [0.29, 0.717) is 5.56 Å². The van der Waals surface area contributed by atoms with Gasteiger partial charge in [0.2, 0.25) is 0 Å². The Kier molecular flexibility index (Phi) is 4.92. The fourth-order valence-corrected chi connectivity index (χ4v) is 2.65. The summed E-state index contributed by atoms with van der Waals surface area (Å²) in [6.07, 6.45) is 2.03. The first-order valence-electron chi connectivity index (χ1n) is 8.01. The fourth-order valence-electron chi connectivity index (χ4n) is 2.65. The number of benzene rings is 3. The number of nitrogens with two attached hydrogens (primary N) is 1. The predicted molar refractivity (Wildman–Crippen MR) is 98.5 cm³/mol. The molecule has 0 atom stereocenters. The Bertz CT molecular complexity index is 811. The van der Waals surface area contributed by atoms with Crippen LogP contribution in [0.15, 0.2) is 78.9 Å². The monoisotopic (exact) mass is 316 g/mol. The highest BCUT2D eigenvalue weighted by Crippen LogP contribution is 2.21. The van der Waals surface area contributed by atoms with E-state index >= 15 is 0 Å². The second-order valence-electron chi connectivity index (χ2n) is 5.72. The van der Waals surface area contributed by atoms with Crippen molar-refractivity contribution < 1.29 is 4.79 Å². The van der Waals surface area contributed by atoms with E-state index in [1.165, 1.54) is 11.1 Å². The molecule has 0 fully saturated rings. The Morgan fingerprint density at radius 3 is 2.00 bits per heavy atom. The Labute approximate surface area is 142 Å². The van der Waals surface area contributed by atoms with Gasteiger partial charge in [0.05, 0.1) is 11.3 Å². The zero-order valence-electron chi connectivity index (χ0n) is 13.4. The van der Waals surface area contributed by atoms with Crippen LogP contribution in [0.3, 0.4) is 0 Å². The number of para-hydroxylation sites is 1. The Morgan fingerprint density at radius 2 is 1.33 bits per heavy atom. The first kappa shape index (κ1) is 15.8. The number of carbonyl (C=O) groups excluding carboxylic acids is 1. The summed E-state index contributed by atoms with van der Waals surface area (Å²) in [6, 6.07) is 26.0. The van der Waals surface area contributed by atoms with Crippen molar-refractivity contribution in [3.8, 4) is 0 Å². The highest BCUT2D eigenvalue weighted by molar-refractivity contribution is 5.99. The lowest BCUT2D eigenvalue weighted by molar-refractivity contribution is 0.100. The highest BCUT2D eigenvalue weighted by atomic mass is 16.1. The van der Waals surface area contributed by atoms with Crippen LogP contribution in [0.5, 0.6) is 0 Å². The van der Waals surface area contributed by atoms with Crippen LogP contribution in [0.25, 0.3) is 0 Å². The minimum absolute atomic E-state index is 0.433. The average molecular weight is 316 g/mol. The van der Waals surface area contributed by atoms with Crippen LogP contribution in [-0.4, -0.2) is 5.91 Å². The summed E-state index contributed by atoms with van der Waals surface area (Å²) in [5, 5.41) is 3.25. The van der Waals surface area contributed by atoms with E-state index in [2.05, 4.69) is 41.7 Å². The standard InChI is InChI=1S/C21H20N2O/c22-21(24)19-8-4-5-9-20(19)23-18-14-12-17(13-15-18)11-10-16-6-2-1-3-7-16/h1-9,12-15,23H,10-11H2,(H2,22,24). The van der Waals surface area contributed by atoms with Crippen molar-refractivity contribution in [3.63, 3.8) is 0 Å². The van der Waals surface area contributed by atoms with Gasteiger partial charge in [-0.05, 0) is 48.2 Å². The molecular weight excluding hydrogens is 296 g/mol. The lowest BCUT2D eigenvalue weighted by Crippen LogP contribution is -2.13. The average Bonchev–Trinajstić information content (AvgIpc) is 2.62. The smallest absolute Gasteiger partial charge is 0.250 e. The molecule has 0 spiro atoms. The molecule has 120 valence electrons. The van der Waals surface area contributed by atoms with Gasteiger partial charge in [-0.3, -0.25) is 4.79 Å². The number of carbonyl (C=O) groups is 1. The SMILES string of the molecule is NC(=O)c1ccccc1Nc1ccc(CCc2ccccc2)cc1. The van der Waals surface area contributed by atoms with Crippen LogP contribution in [0.1, 0.15) is 21.5 Å². The molecule has 0 aliphatic heterocycles. The molecule has 1 amide bonds. The second-order valence-corrected chi connectivity index (χ2v) is 5.72. The molecule has 3 rings (SSSR count). The number of primary amides is 1. The van der Waals surface area contributed by atoms with Crippen molar-refractivity contribution in [2.75, 3.05) is 5.32 Å². The maximum atomic E-state index is 11.5. The van der Waals surface area contributed by atoms with E-state index in [-0.39, 0.29) is 0 Å². The van der Waals surface area contributed by atoms with Gasteiger partial charge in [0.25, 0.3) is 5.91 Å². The van der Waals surface area contributed by atoms with Crippen LogP contribution >= 0.6 is 0 Å². The van der Waals surface area contributed by atoms with Crippen LogP contribution in [-0.2, 0) is 12.8 Å². The van der Waals surface area contributed by atoms with Gasteiger partial charge in [-0.25, -0.2) is 0 Å². The van der Waals surface area contributed by atoms with Crippen LogP contribution in [0, 0.1) is 0 Å². The lowest BCUT2D eigenvalue weighted by atomic mass is 10.0. The molecule has 0 aliphatic carbocycles. The molecule has 3 aromatic rings. The zero-order valence-corrected chi connectivity index (χ0v) is 13.4. The molecule has 0 aromatic heterocycles. The van der Waals surface area contributed by atoms with E-state index in [1.807, 2.05) is 30.3 Å². The van der Waals surface area contributed by atoms with Crippen molar-refractivity contribution in [1.82, 2.24) is 0 Å². The maximum Gasteiger partial charge on any atom is 0.250 e. The molecule has 0 saturated carbocycles. The zero-order chi connectivity index (χ0) is 16.8. The van der Waals surface area contributed by atoms with E-state index in [1.54, 1.807) is 12.1 Å². The van der Waals surface area contributed by atoms with Crippen LogP contribution in [0.4, 0.5) is 11.4 Å². The number of amides is 1. The van der Waals surface area contributed by atoms with Crippen LogP contribution < -0.4 is 11.1 Å². The number of nitrogens with one attached hydrogen (secondary N) is 1. The molecule has 0 radical (unpaired) electrons. The normalized spacial score (nSPS) is 10.3. The third kappa shape index (κ3) is 4.02. The molecule has 3 nitrogen and oxygen atoms in total. The molecule has 3 aromatic carbocycles. The molecule has 0 saturated heterocycles. The second kappa shape index (κ2) is 7.47. The van der Waals surface area contributed by atoms with Gasteiger partial charge in [0.15, 0.2) is 0 Å². The summed E-state index contributed by atoms with van der Waals surface area (Å²) in [6.45, 7) is 0. The van der Waals surface area contributed by atoms with Crippen molar-refractivity contribution >= 4 is 17.3 Å². The minimum Gasteiger partial charge on any atom is -0.366 e. The summed E-state index contributed by atoms with van der Waals surface area (Å²) in [5.74, 6) is -0.433. The third-order valence-electron chi connectivity index (χ3n) is 3.97. The minimum atomic E-state index is -0.433. The molecular formula is C21H20N2O. The predicted octanol–water partition coefficient (Wildman–Crippen LogP) is 4.31. The van der Waals surface area contributed by atoms with Gasteiger partial charge in [0.1, 0.15) is 0 Å². The first-order chi connectivity index (χ1) is 11.7. The summed E-state index contributed by atoms with van der Waals surface area (Å²) in [5.41, 5.74) is 10.2. The molecule has 0 unspecified atom stereocenters. The quantitative estimate of drug-likeness (QED) is 0.712. The lowest BCUT2D eigenvalue weighted by Gasteiger charge is -2.10. The molecule has 0 heterocycles. The largest absolute Gasteiger partial charge is 0.366 e. The fraction of sp³-hybridized carbons (Fsp3) is 0.0952. The maximum absolute atomic E-state index is 11.5. The summed E-state index contributed by atoms with van der Waals surface area (Å²) in [7, 11) is 0.